The summed E-state index contributed by atoms with van der Waals surface area (Å²) in [7, 11) is 5.95. The van der Waals surface area contributed by atoms with Gasteiger partial charge in [0.25, 0.3) is 0 Å². The fraction of sp³-hybridized carbons (Fsp3) is 1.00. The number of unbranched alkanes of at least 4 members (excludes halogenated alkanes) is 1. The first-order chi connectivity index (χ1) is 12.4. The average Bonchev–Trinajstić information content (AvgIpc) is 2.51. The van der Waals surface area contributed by atoms with E-state index in [1.807, 2.05) is 26.2 Å². The lowest BCUT2D eigenvalue weighted by atomic mass is 9.69. The molecule has 0 aliphatic carbocycles. The molecule has 0 radical (unpaired) electrons. The van der Waals surface area contributed by atoms with Gasteiger partial charge in [0.15, 0.2) is 0 Å². The molecule has 0 aromatic carbocycles. The minimum absolute atomic E-state index is 0.0731. The molecule has 0 aromatic heterocycles. The van der Waals surface area contributed by atoms with E-state index in [0.29, 0.717) is 0 Å². The molecule has 0 aromatic rings. The maximum atomic E-state index is 6.37. The molecule has 0 amide bonds. The Morgan fingerprint density at radius 3 is 1.82 bits per heavy atom. The molecule has 0 saturated heterocycles. The molecule has 0 aliphatic rings. The van der Waals surface area contributed by atoms with Crippen molar-refractivity contribution in [1.29, 1.82) is 0 Å². The topological polar surface area (TPSA) is 45.8 Å². The molecule has 28 heavy (non-hydrogen) atoms. The Hall–Kier alpha value is -0.200. The third-order valence-electron chi connectivity index (χ3n) is 6.50. The summed E-state index contributed by atoms with van der Waals surface area (Å²) in [4.78, 5) is 0. The van der Waals surface area contributed by atoms with Crippen molar-refractivity contribution in [2.24, 2.45) is 5.41 Å². The standard InChI is InChI=1S/C23H51N3O2/c1-19(2,18-20(3,4)24-11)22(7,8)27-17-15-14-16-21(5,6)28-23(9,10)26(13)25-12/h24-25H,14-18H2,1-13H3. The zero-order valence-electron chi connectivity index (χ0n) is 21.3. The van der Waals surface area contributed by atoms with Gasteiger partial charge in [0, 0.05) is 19.2 Å². The van der Waals surface area contributed by atoms with Crippen molar-refractivity contribution >= 4 is 0 Å². The first kappa shape index (κ1) is 27.8. The fourth-order valence-corrected chi connectivity index (χ4v) is 3.65. The van der Waals surface area contributed by atoms with Gasteiger partial charge in [-0.05, 0) is 101 Å². The van der Waals surface area contributed by atoms with Crippen LogP contribution >= 0.6 is 0 Å². The molecule has 0 bridgehead atoms. The van der Waals surface area contributed by atoms with Crippen LogP contribution in [0.3, 0.4) is 0 Å². The molecule has 0 aliphatic heterocycles. The summed E-state index contributed by atoms with van der Waals surface area (Å²) in [5, 5.41) is 5.41. The van der Waals surface area contributed by atoms with Crippen molar-refractivity contribution in [3.05, 3.63) is 0 Å². The minimum atomic E-state index is -0.360. The summed E-state index contributed by atoms with van der Waals surface area (Å²) in [6, 6.07) is 0. The van der Waals surface area contributed by atoms with E-state index in [1.165, 1.54) is 0 Å². The van der Waals surface area contributed by atoms with Crippen molar-refractivity contribution in [2.45, 2.75) is 117 Å². The molecule has 0 spiro atoms. The van der Waals surface area contributed by atoms with Gasteiger partial charge >= 0.3 is 0 Å². The van der Waals surface area contributed by atoms with Crippen molar-refractivity contribution in [3.8, 4) is 0 Å². The normalized spacial score (nSPS) is 14.8. The molecule has 5 nitrogen and oxygen atoms in total. The van der Waals surface area contributed by atoms with Gasteiger partial charge < -0.3 is 14.8 Å². The van der Waals surface area contributed by atoms with Gasteiger partial charge in [-0.3, -0.25) is 5.43 Å². The maximum Gasteiger partial charge on any atom is 0.128 e. The van der Waals surface area contributed by atoms with Gasteiger partial charge in [-0.1, -0.05) is 13.8 Å². The molecule has 2 N–H and O–H groups in total. The van der Waals surface area contributed by atoms with Crippen molar-refractivity contribution in [2.75, 3.05) is 27.7 Å². The lowest BCUT2D eigenvalue weighted by Gasteiger charge is -2.45. The smallest absolute Gasteiger partial charge is 0.128 e. The van der Waals surface area contributed by atoms with Crippen LogP contribution in [0.5, 0.6) is 0 Å². The van der Waals surface area contributed by atoms with Crippen LogP contribution in [0.1, 0.15) is 94.9 Å². The number of rotatable bonds is 14. The Balaban J connectivity index is 4.51. The monoisotopic (exact) mass is 401 g/mol. The number of hydrazine groups is 1. The first-order valence-corrected chi connectivity index (χ1v) is 10.9. The lowest BCUT2D eigenvalue weighted by Crippen LogP contribution is -2.53. The van der Waals surface area contributed by atoms with Crippen LogP contribution in [-0.4, -0.2) is 55.2 Å². The Kier molecular flexibility index (Phi) is 10.1. The molecule has 0 unspecified atom stereocenters. The third-order valence-corrected chi connectivity index (χ3v) is 6.50. The fourth-order valence-electron chi connectivity index (χ4n) is 3.65. The second-order valence-electron chi connectivity index (χ2n) is 11.1. The van der Waals surface area contributed by atoms with E-state index < -0.39 is 0 Å². The Labute approximate surface area is 176 Å². The highest BCUT2D eigenvalue weighted by Gasteiger charge is 2.41. The predicted molar refractivity (Wildman–Crippen MR) is 121 cm³/mol. The number of nitrogens with one attached hydrogen (secondary N) is 2. The van der Waals surface area contributed by atoms with Gasteiger partial charge in [-0.15, -0.1) is 0 Å². The van der Waals surface area contributed by atoms with Crippen LogP contribution in [0, 0.1) is 5.41 Å². The van der Waals surface area contributed by atoms with E-state index in [9.17, 15) is 0 Å². The summed E-state index contributed by atoms with van der Waals surface area (Å²) in [6.07, 6.45) is 4.20. The highest BCUT2D eigenvalue weighted by molar-refractivity contribution is 4.94. The van der Waals surface area contributed by atoms with Crippen LogP contribution in [0.15, 0.2) is 0 Å². The summed E-state index contributed by atoms with van der Waals surface area (Å²) in [5.74, 6) is 0. The summed E-state index contributed by atoms with van der Waals surface area (Å²) in [6.45, 7) is 22.9. The summed E-state index contributed by atoms with van der Waals surface area (Å²) in [5.41, 5.74) is 2.59. The van der Waals surface area contributed by atoms with Crippen molar-refractivity contribution < 1.29 is 9.47 Å². The van der Waals surface area contributed by atoms with Gasteiger partial charge in [0.1, 0.15) is 5.72 Å². The van der Waals surface area contributed by atoms with Gasteiger partial charge in [-0.25, -0.2) is 5.01 Å². The highest BCUT2D eigenvalue weighted by Crippen LogP contribution is 2.40. The van der Waals surface area contributed by atoms with Crippen LogP contribution < -0.4 is 10.7 Å². The third kappa shape index (κ3) is 9.08. The first-order valence-electron chi connectivity index (χ1n) is 10.9. The average molecular weight is 402 g/mol. The summed E-state index contributed by atoms with van der Waals surface area (Å²) < 4.78 is 12.7. The van der Waals surface area contributed by atoms with E-state index >= 15 is 0 Å². The maximum absolute atomic E-state index is 6.37. The number of hydrogen-bond acceptors (Lipinski definition) is 5. The van der Waals surface area contributed by atoms with Crippen molar-refractivity contribution in [1.82, 2.24) is 15.8 Å². The van der Waals surface area contributed by atoms with E-state index in [-0.39, 0.29) is 27.9 Å². The molecule has 0 fully saturated rings. The largest absolute Gasteiger partial charge is 0.375 e. The van der Waals surface area contributed by atoms with Gasteiger partial charge in [0.2, 0.25) is 0 Å². The van der Waals surface area contributed by atoms with Crippen LogP contribution in [0.25, 0.3) is 0 Å². The van der Waals surface area contributed by atoms with Gasteiger partial charge in [0.05, 0.1) is 11.2 Å². The number of nitrogens with zero attached hydrogens (tertiary/aromatic N) is 1. The molecule has 170 valence electrons. The quantitative estimate of drug-likeness (QED) is 0.245. The van der Waals surface area contributed by atoms with Crippen molar-refractivity contribution in [3.63, 3.8) is 0 Å². The SMILES string of the molecule is CNN(C)C(C)(C)OC(C)(C)CCCCOC(C)(C)C(C)(C)CC(C)(C)NC. The van der Waals surface area contributed by atoms with Crippen LogP contribution in [0.4, 0.5) is 0 Å². The van der Waals surface area contributed by atoms with E-state index in [2.05, 4.69) is 80.0 Å². The molecular formula is C23H51N3O2. The second kappa shape index (κ2) is 10.2. The molecule has 0 atom stereocenters. The molecule has 0 heterocycles. The van der Waals surface area contributed by atoms with E-state index in [1.54, 1.807) is 0 Å². The van der Waals surface area contributed by atoms with Gasteiger partial charge in [-0.2, -0.15) is 0 Å². The van der Waals surface area contributed by atoms with Crippen LogP contribution in [0.2, 0.25) is 0 Å². The Morgan fingerprint density at radius 2 is 1.36 bits per heavy atom. The zero-order chi connectivity index (χ0) is 22.4. The highest BCUT2D eigenvalue weighted by atomic mass is 16.5. The molecular weight excluding hydrogens is 350 g/mol. The van der Waals surface area contributed by atoms with Crippen LogP contribution in [-0.2, 0) is 9.47 Å². The molecule has 0 rings (SSSR count). The Morgan fingerprint density at radius 1 is 0.821 bits per heavy atom. The molecule has 5 heteroatoms. The second-order valence-corrected chi connectivity index (χ2v) is 11.1. The lowest BCUT2D eigenvalue weighted by molar-refractivity contribution is -0.206. The zero-order valence-corrected chi connectivity index (χ0v) is 21.3. The summed E-state index contributed by atoms with van der Waals surface area (Å²) >= 11 is 0. The van der Waals surface area contributed by atoms with E-state index in [4.69, 9.17) is 9.47 Å². The Bertz CT molecular complexity index is 457. The number of hydrogen-bond donors (Lipinski definition) is 2. The van der Waals surface area contributed by atoms with E-state index in [0.717, 1.165) is 32.3 Å². The number of ether oxygens (including phenoxy) is 2. The minimum Gasteiger partial charge on any atom is -0.375 e. The molecule has 0 saturated carbocycles. The predicted octanol–water partition coefficient (Wildman–Crippen LogP) is 4.96.